The summed E-state index contributed by atoms with van der Waals surface area (Å²) in [5.74, 6) is -1.63. The lowest BCUT2D eigenvalue weighted by Gasteiger charge is -2.13. The highest BCUT2D eigenvalue weighted by molar-refractivity contribution is 9.10. The summed E-state index contributed by atoms with van der Waals surface area (Å²) in [5.41, 5.74) is -2.78. The van der Waals surface area contributed by atoms with Gasteiger partial charge in [0.1, 0.15) is 5.75 Å². The number of benzene rings is 2. The summed E-state index contributed by atoms with van der Waals surface area (Å²) in [7, 11) is 0. The number of hydrogen-bond donors (Lipinski definition) is 1. The zero-order valence-electron chi connectivity index (χ0n) is 14.6. The second-order valence-corrected chi connectivity index (χ2v) is 7.42. The van der Waals surface area contributed by atoms with E-state index in [0.717, 1.165) is 0 Å². The molecule has 1 heterocycles. The van der Waals surface area contributed by atoms with Crippen LogP contribution in [-0.2, 0) is 0 Å². The van der Waals surface area contributed by atoms with Gasteiger partial charge in [-0.2, -0.15) is 0 Å². The molecule has 0 aliphatic carbocycles. The highest BCUT2D eigenvalue weighted by Crippen LogP contribution is 2.31. The highest BCUT2D eigenvalue weighted by atomic mass is 79.9. The molecule has 1 amide bonds. The fraction of sp³-hybridized carbons (Fsp3) is 0.222. The molecule has 28 heavy (non-hydrogen) atoms. The Balaban J connectivity index is 1.87. The summed E-state index contributed by atoms with van der Waals surface area (Å²) >= 11 is 7.90. The van der Waals surface area contributed by atoms with E-state index in [2.05, 4.69) is 31.0 Å². The van der Waals surface area contributed by atoms with Crippen molar-refractivity contribution in [1.82, 2.24) is 9.55 Å². The van der Waals surface area contributed by atoms with Gasteiger partial charge in [0.25, 0.3) is 5.91 Å². The van der Waals surface area contributed by atoms with Gasteiger partial charge in [-0.25, -0.2) is 9.37 Å². The number of imidazole rings is 1. The molecule has 0 saturated heterocycles. The molecule has 0 aliphatic heterocycles. The topological polar surface area (TPSA) is 56.2 Å². The smallest absolute Gasteiger partial charge is 0.420 e. The van der Waals surface area contributed by atoms with E-state index in [-0.39, 0.29) is 27.5 Å². The summed E-state index contributed by atoms with van der Waals surface area (Å²) in [6.45, 7) is 3.86. The first-order valence-corrected chi connectivity index (χ1v) is 9.25. The van der Waals surface area contributed by atoms with Gasteiger partial charge in [0, 0.05) is 23.3 Å². The van der Waals surface area contributed by atoms with E-state index < -0.39 is 17.3 Å². The molecule has 10 heteroatoms. The third-order valence-corrected chi connectivity index (χ3v) is 4.69. The Labute approximate surface area is 171 Å². The van der Waals surface area contributed by atoms with Crippen LogP contribution in [0.2, 0.25) is 0 Å². The van der Waals surface area contributed by atoms with Crippen LogP contribution in [0.3, 0.4) is 0 Å². The lowest BCUT2D eigenvalue weighted by atomic mass is 10.1. The van der Waals surface area contributed by atoms with Crippen molar-refractivity contribution in [2.24, 2.45) is 0 Å². The van der Waals surface area contributed by atoms with E-state index in [9.17, 15) is 18.0 Å². The van der Waals surface area contributed by atoms with Crippen molar-refractivity contribution in [3.63, 3.8) is 0 Å². The average Bonchev–Trinajstić information content (AvgIpc) is 3.03. The monoisotopic (exact) mass is 475 g/mol. The molecule has 0 atom stereocenters. The SMILES string of the molecule is CC(C)n1cnc2cc(C(=O)Nc3ccc(OC(F)(F)Cl)cc3)c(F)c(Br)c21. The lowest BCUT2D eigenvalue weighted by molar-refractivity contribution is -0.0964. The number of carbonyl (C=O) groups is 1. The van der Waals surface area contributed by atoms with Crippen LogP contribution in [0.1, 0.15) is 30.2 Å². The number of carbonyl (C=O) groups excluding carboxylic acids is 1. The molecular weight excluding hydrogens is 463 g/mol. The molecule has 1 N–H and O–H groups in total. The second-order valence-electron chi connectivity index (χ2n) is 6.19. The van der Waals surface area contributed by atoms with Crippen LogP contribution in [0.5, 0.6) is 5.75 Å². The number of nitrogens with zero attached hydrogens (tertiary/aromatic N) is 2. The highest BCUT2D eigenvalue weighted by Gasteiger charge is 2.27. The van der Waals surface area contributed by atoms with E-state index in [1.807, 2.05) is 13.8 Å². The van der Waals surface area contributed by atoms with Crippen LogP contribution in [0.25, 0.3) is 11.0 Å². The Hall–Kier alpha value is -2.26. The maximum absolute atomic E-state index is 14.8. The molecule has 0 saturated carbocycles. The van der Waals surface area contributed by atoms with Crippen LogP contribution in [0.15, 0.2) is 41.1 Å². The van der Waals surface area contributed by atoms with Gasteiger partial charge < -0.3 is 14.6 Å². The number of anilines is 1. The van der Waals surface area contributed by atoms with Gasteiger partial charge in [-0.1, -0.05) is 0 Å². The first kappa shape index (κ1) is 20.5. The van der Waals surface area contributed by atoms with Gasteiger partial charge in [-0.05, 0) is 60.1 Å². The van der Waals surface area contributed by atoms with Crippen molar-refractivity contribution < 1.29 is 22.7 Å². The minimum Gasteiger partial charge on any atom is -0.420 e. The number of nitrogens with one attached hydrogen (secondary N) is 1. The normalized spacial score (nSPS) is 11.9. The molecule has 0 bridgehead atoms. The summed E-state index contributed by atoms with van der Waals surface area (Å²) in [5, 5.41) is 2.50. The summed E-state index contributed by atoms with van der Waals surface area (Å²) in [4.78, 5) is 16.7. The Morgan fingerprint density at radius 2 is 1.96 bits per heavy atom. The number of aromatic nitrogens is 2. The van der Waals surface area contributed by atoms with Crippen molar-refractivity contribution >= 4 is 50.2 Å². The number of fused-ring (bicyclic) bond motifs is 1. The first-order valence-electron chi connectivity index (χ1n) is 8.08. The Morgan fingerprint density at radius 1 is 1.32 bits per heavy atom. The standard InChI is InChI=1S/C18H14BrClF3N3O2/c1-9(2)26-8-24-13-7-12(15(21)14(19)16(13)26)17(27)25-10-3-5-11(6-4-10)28-18(20,22)23/h3-9H,1-2H3,(H,25,27). The van der Waals surface area contributed by atoms with Crippen molar-refractivity contribution in [3.05, 3.63) is 52.5 Å². The van der Waals surface area contributed by atoms with Gasteiger partial charge in [0.2, 0.25) is 0 Å². The third kappa shape index (κ3) is 4.25. The molecule has 0 unspecified atom stereocenters. The van der Waals surface area contributed by atoms with Crippen LogP contribution >= 0.6 is 27.5 Å². The fourth-order valence-electron chi connectivity index (χ4n) is 2.62. The molecule has 0 fully saturated rings. The lowest BCUT2D eigenvalue weighted by Crippen LogP contribution is -2.16. The van der Waals surface area contributed by atoms with Crippen LogP contribution < -0.4 is 10.1 Å². The quantitative estimate of drug-likeness (QED) is 0.464. The predicted octanol–water partition coefficient (Wildman–Crippen LogP) is 5.94. The number of alkyl halides is 3. The Morgan fingerprint density at radius 3 is 2.54 bits per heavy atom. The number of hydrogen-bond acceptors (Lipinski definition) is 3. The zero-order chi connectivity index (χ0) is 20.6. The minimum absolute atomic E-state index is 0.0569. The Bertz CT molecular complexity index is 1030. The van der Waals surface area contributed by atoms with Crippen molar-refractivity contribution in [3.8, 4) is 5.75 Å². The maximum Gasteiger partial charge on any atom is 0.487 e. The van der Waals surface area contributed by atoms with Gasteiger partial charge in [0.15, 0.2) is 5.82 Å². The molecule has 0 radical (unpaired) electrons. The molecule has 1 aromatic heterocycles. The molecule has 0 spiro atoms. The first-order chi connectivity index (χ1) is 13.1. The number of ether oxygens (including phenoxy) is 1. The fourth-order valence-corrected chi connectivity index (χ4v) is 3.33. The van der Waals surface area contributed by atoms with Crippen LogP contribution in [0.4, 0.5) is 18.9 Å². The average molecular weight is 477 g/mol. The van der Waals surface area contributed by atoms with Gasteiger partial charge in [-0.3, -0.25) is 4.79 Å². The van der Waals surface area contributed by atoms with Crippen molar-refractivity contribution in [2.45, 2.75) is 25.5 Å². The van der Waals surface area contributed by atoms with E-state index >= 15 is 0 Å². The van der Waals surface area contributed by atoms with Crippen molar-refractivity contribution in [1.29, 1.82) is 0 Å². The second kappa shape index (κ2) is 7.63. The van der Waals surface area contributed by atoms with E-state index in [1.54, 1.807) is 10.9 Å². The minimum atomic E-state index is -3.84. The van der Waals surface area contributed by atoms with Gasteiger partial charge in [0.05, 0.1) is 27.4 Å². The molecule has 5 nitrogen and oxygen atoms in total. The van der Waals surface area contributed by atoms with E-state index in [0.29, 0.717) is 11.0 Å². The summed E-state index contributed by atoms with van der Waals surface area (Å²) < 4.78 is 46.1. The third-order valence-electron chi connectivity index (χ3n) is 3.89. The molecular formula is C18H14BrClF3N3O2. The van der Waals surface area contributed by atoms with E-state index in [4.69, 9.17) is 11.6 Å². The molecule has 2 aromatic carbocycles. The van der Waals surface area contributed by atoms with Gasteiger partial charge in [-0.15, -0.1) is 8.78 Å². The number of halogens is 5. The molecule has 0 aliphatic rings. The van der Waals surface area contributed by atoms with Crippen LogP contribution in [-0.4, -0.2) is 21.0 Å². The van der Waals surface area contributed by atoms with E-state index in [1.165, 1.54) is 30.3 Å². The number of amides is 1. The largest absolute Gasteiger partial charge is 0.487 e. The Kier molecular flexibility index (Phi) is 5.58. The predicted molar refractivity (Wildman–Crippen MR) is 104 cm³/mol. The van der Waals surface area contributed by atoms with Crippen LogP contribution in [0, 0.1) is 5.82 Å². The molecule has 3 aromatic rings. The summed E-state index contributed by atoms with van der Waals surface area (Å²) in [6, 6.07) is 6.47. The molecule has 148 valence electrons. The van der Waals surface area contributed by atoms with Crippen molar-refractivity contribution in [2.75, 3.05) is 5.32 Å². The number of rotatable bonds is 5. The molecule has 3 rings (SSSR count). The maximum atomic E-state index is 14.8. The zero-order valence-corrected chi connectivity index (χ0v) is 17.0. The summed E-state index contributed by atoms with van der Waals surface area (Å²) in [6.07, 6.45) is 1.58. The van der Waals surface area contributed by atoms with Gasteiger partial charge >= 0.3 is 5.57 Å².